The van der Waals surface area contributed by atoms with Crippen LogP contribution in [0.2, 0.25) is 0 Å². The lowest BCUT2D eigenvalue weighted by Crippen LogP contribution is -2.63. The van der Waals surface area contributed by atoms with Gasteiger partial charge in [0.1, 0.15) is 12.2 Å². The molecular formula is C20H20N4O3. The normalized spacial score (nSPS) is 21.1. The fraction of sp³-hybridized carbons (Fsp3) is 0.300. The van der Waals surface area contributed by atoms with E-state index in [0.717, 1.165) is 5.56 Å². The maximum atomic E-state index is 13.1. The number of fused-ring (bicyclic) bond motifs is 3. The van der Waals surface area contributed by atoms with Crippen LogP contribution >= 0.6 is 0 Å². The van der Waals surface area contributed by atoms with Gasteiger partial charge in [0.25, 0.3) is 5.91 Å². The van der Waals surface area contributed by atoms with Gasteiger partial charge in [-0.25, -0.2) is 0 Å². The third-order valence-electron chi connectivity index (χ3n) is 5.26. The number of pyridine rings is 1. The number of aromatic nitrogens is 1. The van der Waals surface area contributed by atoms with Gasteiger partial charge >= 0.3 is 0 Å². The maximum absolute atomic E-state index is 13.1. The number of nitrogens with one attached hydrogen (secondary N) is 1. The van der Waals surface area contributed by atoms with Crippen LogP contribution in [-0.4, -0.2) is 39.8 Å². The molecule has 1 aromatic heterocycles. The zero-order valence-corrected chi connectivity index (χ0v) is 15.0. The van der Waals surface area contributed by atoms with Crippen molar-refractivity contribution in [2.75, 3.05) is 11.4 Å². The van der Waals surface area contributed by atoms with E-state index in [9.17, 15) is 14.4 Å². The number of amides is 3. The van der Waals surface area contributed by atoms with Crippen LogP contribution in [-0.2, 0) is 16.1 Å². The highest BCUT2D eigenvalue weighted by molar-refractivity contribution is 6.11. The van der Waals surface area contributed by atoms with Crippen LogP contribution in [0.4, 0.5) is 5.69 Å². The Morgan fingerprint density at radius 3 is 2.81 bits per heavy atom. The van der Waals surface area contributed by atoms with E-state index in [1.165, 1.54) is 4.90 Å². The zero-order chi connectivity index (χ0) is 19.0. The fourth-order valence-corrected chi connectivity index (χ4v) is 3.84. The van der Waals surface area contributed by atoms with Crippen LogP contribution in [0.3, 0.4) is 0 Å². The van der Waals surface area contributed by atoms with Gasteiger partial charge < -0.3 is 10.2 Å². The average molecular weight is 364 g/mol. The summed E-state index contributed by atoms with van der Waals surface area (Å²) in [5, 5.41) is 2.82. The molecular weight excluding hydrogens is 344 g/mol. The topological polar surface area (TPSA) is 82.6 Å². The smallest absolute Gasteiger partial charge is 0.258 e. The number of hydrogen-bond donors (Lipinski definition) is 1. The SMILES string of the molecule is CC12CCC(=O)N1c1ccccc1C(=O)N2CC(=O)NCc1cccnc1. The molecule has 27 heavy (non-hydrogen) atoms. The molecule has 3 amide bonds. The van der Waals surface area contributed by atoms with Crippen molar-refractivity contribution in [3.8, 4) is 0 Å². The fourth-order valence-electron chi connectivity index (χ4n) is 3.84. The number of para-hydroxylation sites is 1. The van der Waals surface area contributed by atoms with Crippen molar-refractivity contribution in [3.63, 3.8) is 0 Å². The molecule has 1 fully saturated rings. The van der Waals surface area contributed by atoms with Crippen LogP contribution in [0.5, 0.6) is 0 Å². The van der Waals surface area contributed by atoms with Crippen molar-refractivity contribution < 1.29 is 14.4 Å². The highest BCUT2D eigenvalue weighted by Crippen LogP contribution is 2.43. The third-order valence-corrected chi connectivity index (χ3v) is 5.26. The molecule has 2 aromatic rings. The molecule has 4 rings (SSSR count). The van der Waals surface area contributed by atoms with Crippen LogP contribution in [0.25, 0.3) is 0 Å². The molecule has 1 N–H and O–H groups in total. The van der Waals surface area contributed by atoms with Crippen LogP contribution < -0.4 is 10.2 Å². The quantitative estimate of drug-likeness (QED) is 0.895. The Kier molecular flexibility index (Phi) is 4.14. The van der Waals surface area contributed by atoms with Crippen molar-refractivity contribution in [1.82, 2.24) is 15.2 Å². The highest BCUT2D eigenvalue weighted by atomic mass is 16.2. The molecule has 0 bridgehead atoms. The summed E-state index contributed by atoms with van der Waals surface area (Å²) in [6.45, 7) is 2.08. The van der Waals surface area contributed by atoms with Crippen molar-refractivity contribution in [1.29, 1.82) is 0 Å². The Hall–Kier alpha value is -3.22. The second-order valence-electron chi connectivity index (χ2n) is 6.99. The summed E-state index contributed by atoms with van der Waals surface area (Å²) in [5.74, 6) is -0.527. The van der Waals surface area contributed by atoms with E-state index in [-0.39, 0.29) is 24.3 Å². The summed E-state index contributed by atoms with van der Waals surface area (Å²) < 4.78 is 0. The van der Waals surface area contributed by atoms with E-state index in [4.69, 9.17) is 0 Å². The van der Waals surface area contributed by atoms with Crippen molar-refractivity contribution in [2.45, 2.75) is 32.0 Å². The summed E-state index contributed by atoms with van der Waals surface area (Å²) in [5.41, 5.74) is 1.13. The molecule has 1 saturated heterocycles. The molecule has 2 aliphatic rings. The van der Waals surface area contributed by atoms with Crippen molar-refractivity contribution in [2.24, 2.45) is 0 Å². The number of benzene rings is 1. The summed E-state index contributed by atoms with van der Waals surface area (Å²) in [6, 6.07) is 10.7. The van der Waals surface area contributed by atoms with Crippen LogP contribution in [0, 0.1) is 0 Å². The molecule has 1 atom stereocenters. The van der Waals surface area contributed by atoms with Gasteiger partial charge in [0.15, 0.2) is 0 Å². The van der Waals surface area contributed by atoms with Gasteiger partial charge in [-0.05, 0) is 37.1 Å². The molecule has 0 aliphatic carbocycles. The lowest BCUT2D eigenvalue weighted by Gasteiger charge is -2.48. The second-order valence-corrected chi connectivity index (χ2v) is 6.99. The number of rotatable bonds is 4. The minimum Gasteiger partial charge on any atom is -0.350 e. The Morgan fingerprint density at radius 2 is 2.04 bits per heavy atom. The zero-order valence-electron chi connectivity index (χ0n) is 15.0. The Morgan fingerprint density at radius 1 is 1.22 bits per heavy atom. The van der Waals surface area contributed by atoms with Gasteiger partial charge in [0.05, 0.1) is 11.3 Å². The predicted molar refractivity (Wildman–Crippen MR) is 98.7 cm³/mol. The average Bonchev–Trinajstić information content (AvgIpc) is 3.00. The lowest BCUT2D eigenvalue weighted by atomic mass is 9.98. The molecule has 2 aliphatic heterocycles. The summed E-state index contributed by atoms with van der Waals surface area (Å²) in [6.07, 6.45) is 4.21. The molecule has 7 heteroatoms. The van der Waals surface area contributed by atoms with Gasteiger partial charge in [-0.3, -0.25) is 24.3 Å². The number of hydrogen-bond acceptors (Lipinski definition) is 4. The predicted octanol–water partition coefficient (Wildman–Crippen LogP) is 1.70. The van der Waals surface area contributed by atoms with Crippen molar-refractivity contribution in [3.05, 3.63) is 59.9 Å². The van der Waals surface area contributed by atoms with E-state index in [2.05, 4.69) is 10.3 Å². The molecule has 3 heterocycles. The van der Waals surface area contributed by atoms with Gasteiger partial charge in [0, 0.05) is 25.4 Å². The molecule has 0 saturated carbocycles. The Labute approximate surface area is 157 Å². The van der Waals surface area contributed by atoms with E-state index in [0.29, 0.717) is 30.6 Å². The number of anilines is 1. The molecule has 1 unspecified atom stereocenters. The number of nitrogens with zero attached hydrogens (tertiary/aromatic N) is 3. The van der Waals surface area contributed by atoms with Gasteiger partial charge in [-0.15, -0.1) is 0 Å². The van der Waals surface area contributed by atoms with E-state index in [1.807, 2.05) is 19.1 Å². The molecule has 0 radical (unpaired) electrons. The molecule has 138 valence electrons. The van der Waals surface area contributed by atoms with Crippen molar-refractivity contribution >= 4 is 23.4 Å². The number of carbonyl (C=O) groups excluding carboxylic acids is 3. The monoisotopic (exact) mass is 364 g/mol. The largest absolute Gasteiger partial charge is 0.350 e. The Balaban J connectivity index is 1.57. The first-order valence-electron chi connectivity index (χ1n) is 8.90. The number of carbonyl (C=O) groups is 3. The minimum atomic E-state index is -0.825. The maximum Gasteiger partial charge on any atom is 0.258 e. The lowest BCUT2D eigenvalue weighted by molar-refractivity contribution is -0.124. The van der Waals surface area contributed by atoms with Gasteiger partial charge in [-0.1, -0.05) is 18.2 Å². The summed E-state index contributed by atoms with van der Waals surface area (Å²) in [4.78, 5) is 45.3. The summed E-state index contributed by atoms with van der Waals surface area (Å²) >= 11 is 0. The van der Waals surface area contributed by atoms with E-state index >= 15 is 0 Å². The first-order chi connectivity index (χ1) is 13.0. The molecule has 7 nitrogen and oxygen atoms in total. The first-order valence-corrected chi connectivity index (χ1v) is 8.90. The Bertz CT molecular complexity index is 914. The third kappa shape index (κ3) is 2.85. The van der Waals surface area contributed by atoms with Gasteiger partial charge in [0.2, 0.25) is 11.8 Å². The van der Waals surface area contributed by atoms with Crippen LogP contribution in [0.1, 0.15) is 35.7 Å². The molecule has 0 spiro atoms. The second kappa shape index (κ2) is 6.50. The first kappa shape index (κ1) is 17.2. The van der Waals surface area contributed by atoms with E-state index < -0.39 is 5.66 Å². The highest BCUT2D eigenvalue weighted by Gasteiger charge is 2.53. The molecule has 1 aromatic carbocycles. The van der Waals surface area contributed by atoms with Gasteiger partial charge in [-0.2, -0.15) is 0 Å². The van der Waals surface area contributed by atoms with Crippen LogP contribution in [0.15, 0.2) is 48.8 Å². The van der Waals surface area contributed by atoms with E-state index in [1.54, 1.807) is 41.6 Å². The minimum absolute atomic E-state index is 0.0294. The summed E-state index contributed by atoms with van der Waals surface area (Å²) in [7, 11) is 0. The standard InChI is InChI=1S/C20H20N4O3/c1-20-9-8-18(26)24(20)16-7-3-2-6-15(16)19(27)23(20)13-17(25)22-12-14-5-4-10-21-11-14/h2-7,10-11H,8-9,12-13H2,1H3,(H,22,25).